The van der Waals surface area contributed by atoms with Crippen LogP contribution in [-0.2, 0) is 36.9 Å². The Morgan fingerprint density at radius 1 is 1.07 bits per heavy atom. The highest BCUT2D eigenvalue weighted by atomic mass is 16.7. The molecule has 5 atom stereocenters. The molecule has 2 aliphatic heterocycles. The Balaban J connectivity index is 1.52. The molecule has 2 aromatic carbocycles. The van der Waals surface area contributed by atoms with Gasteiger partial charge in [-0.3, -0.25) is 9.69 Å². The first-order chi connectivity index (χ1) is 20.1. The third kappa shape index (κ3) is 8.41. The maximum Gasteiger partial charge on any atom is 0.407 e. The molecule has 2 aromatic rings. The van der Waals surface area contributed by atoms with Crippen LogP contribution >= 0.6 is 0 Å². The molecule has 0 aromatic heterocycles. The van der Waals surface area contributed by atoms with Crippen LogP contribution in [0.3, 0.4) is 0 Å². The average Bonchev–Trinajstić information content (AvgIpc) is 3.44. The van der Waals surface area contributed by atoms with Crippen molar-refractivity contribution < 1.29 is 33.6 Å². The zero-order valence-electron chi connectivity index (χ0n) is 25.1. The van der Waals surface area contributed by atoms with Crippen molar-refractivity contribution in [3.05, 3.63) is 83.4 Å². The van der Waals surface area contributed by atoms with E-state index in [2.05, 4.69) is 23.7 Å². The first-order valence-corrected chi connectivity index (χ1v) is 14.7. The Kier molecular flexibility index (Phi) is 10.8. The van der Waals surface area contributed by atoms with E-state index >= 15 is 0 Å². The number of aliphatic hydroxyl groups is 1. The van der Waals surface area contributed by atoms with Crippen molar-refractivity contribution in [2.75, 3.05) is 19.7 Å². The monoisotopic (exact) mass is 580 g/mol. The van der Waals surface area contributed by atoms with Crippen LogP contribution < -0.4 is 5.32 Å². The summed E-state index contributed by atoms with van der Waals surface area (Å²) in [6.07, 6.45) is 1.60. The van der Waals surface area contributed by atoms with Crippen LogP contribution in [0.15, 0.2) is 61.2 Å². The summed E-state index contributed by atoms with van der Waals surface area (Å²) in [6.45, 7) is 13.1. The van der Waals surface area contributed by atoms with Gasteiger partial charge in [0.05, 0.1) is 18.8 Å². The summed E-state index contributed by atoms with van der Waals surface area (Å²) in [5, 5.41) is 12.2. The normalized spacial score (nSPS) is 24.6. The summed E-state index contributed by atoms with van der Waals surface area (Å²) in [4.78, 5) is 27.0. The van der Waals surface area contributed by atoms with Crippen molar-refractivity contribution in [2.24, 2.45) is 5.92 Å². The lowest BCUT2D eigenvalue weighted by molar-refractivity contribution is -0.276. The molecule has 4 rings (SSSR count). The van der Waals surface area contributed by atoms with Gasteiger partial charge in [-0.2, -0.15) is 0 Å². The quantitative estimate of drug-likeness (QED) is 0.292. The van der Waals surface area contributed by atoms with E-state index in [9.17, 15) is 14.7 Å². The van der Waals surface area contributed by atoms with E-state index in [0.717, 1.165) is 41.6 Å². The van der Waals surface area contributed by atoms with Gasteiger partial charge >= 0.3 is 12.1 Å². The Morgan fingerprint density at radius 3 is 2.38 bits per heavy atom. The summed E-state index contributed by atoms with van der Waals surface area (Å²) in [7, 11) is 0. The number of nitrogens with one attached hydrogen (secondary N) is 1. The lowest BCUT2D eigenvalue weighted by atomic mass is 9.90. The highest BCUT2D eigenvalue weighted by molar-refractivity contribution is 5.76. The van der Waals surface area contributed by atoms with Crippen LogP contribution in [0.5, 0.6) is 0 Å². The van der Waals surface area contributed by atoms with Gasteiger partial charge < -0.3 is 29.4 Å². The smallest absolute Gasteiger partial charge is 0.407 e. The first-order valence-electron chi connectivity index (χ1n) is 14.7. The van der Waals surface area contributed by atoms with E-state index in [1.807, 2.05) is 69.3 Å². The Labute approximate surface area is 248 Å². The molecule has 0 unspecified atom stereocenters. The number of ether oxygens (including phenoxy) is 4. The molecule has 9 heteroatoms. The van der Waals surface area contributed by atoms with Crippen LogP contribution in [0.1, 0.15) is 75.2 Å². The van der Waals surface area contributed by atoms with Crippen molar-refractivity contribution in [3.63, 3.8) is 0 Å². The van der Waals surface area contributed by atoms with Crippen LogP contribution in [0.2, 0.25) is 0 Å². The van der Waals surface area contributed by atoms with Crippen molar-refractivity contribution in [1.82, 2.24) is 10.2 Å². The minimum atomic E-state index is -0.629. The highest BCUT2D eigenvalue weighted by Crippen LogP contribution is 2.42. The molecule has 0 bridgehead atoms. The lowest BCUT2D eigenvalue weighted by Gasteiger charge is -2.43. The highest BCUT2D eigenvalue weighted by Gasteiger charge is 2.42. The van der Waals surface area contributed by atoms with Crippen LogP contribution in [0.4, 0.5) is 4.79 Å². The second-order valence-electron chi connectivity index (χ2n) is 12.0. The fourth-order valence-electron chi connectivity index (χ4n) is 5.39. The topological polar surface area (TPSA) is 107 Å². The molecule has 228 valence electrons. The number of nitrogens with zero attached hydrogens (tertiary/aromatic N) is 1. The summed E-state index contributed by atoms with van der Waals surface area (Å²) < 4.78 is 23.9. The van der Waals surface area contributed by atoms with Crippen molar-refractivity contribution in [1.29, 1.82) is 0 Å². The third-order valence-electron chi connectivity index (χ3n) is 7.60. The van der Waals surface area contributed by atoms with E-state index in [-0.39, 0.29) is 43.4 Å². The molecule has 0 radical (unpaired) electrons. The van der Waals surface area contributed by atoms with Crippen LogP contribution in [0.25, 0.3) is 0 Å². The minimum absolute atomic E-state index is 0.00818. The molecule has 2 saturated heterocycles. The van der Waals surface area contributed by atoms with Gasteiger partial charge in [0.1, 0.15) is 18.2 Å². The van der Waals surface area contributed by atoms with Crippen molar-refractivity contribution >= 4 is 12.1 Å². The number of likely N-dealkylation sites (tertiary alicyclic amines) is 1. The molecule has 2 fully saturated rings. The van der Waals surface area contributed by atoms with E-state index < -0.39 is 18.0 Å². The number of amides is 1. The Morgan fingerprint density at radius 2 is 1.74 bits per heavy atom. The zero-order chi connectivity index (χ0) is 30.3. The third-order valence-corrected chi connectivity index (χ3v) is 7.60. The number of carbonyl (C=O) groups excluding carboxylic acids is 2. The molecule has 0 spiro atoms. The fourth-order valence-corrected chi connectivity index (χ4v) is 5.39. The average molecular weight is 581 g/mol. The Hall–Kier alpha value is -3.24. The zero-order valence-corrected chi connectivity index (χ0v) is 25.1. The largest absolute Gasteiger partial charge is 0.459 e. The van der Waals surface area contributed by atoms with E-state index in [1.165, 1.54) is 6.08 Å². The molecule has 9 nitrogen and oxygen atoms in total. The summed E-state index contributed by atoms with van der Waals surface area (Å²) >= 11 is 0. The number of rotatable bonds is 10. The number of benzene rings is 2. The standard InChI is InChI=1S/C33H44N2O7/c1-6-18-39-32(38)34-19-23-9-15-26(16-10-23)31-40-28(20-35-17-7-8-27(35)30(37)42-33(3,4)5)22(2)29(41-31)25-13-11-24(21-36)12-14-25/h6,9-16,22,27-29,31,36H,1,7-8,17-21H2,2-5H3,(H,34,38)/t22-,27+,28+,29+,31+/m1/s1. The number of aliphatic hydroxyl groups excluding tert-OH is 1. The van der Waals surface area contributed by atoms with Gasteiger partial charge in [0.15, 0.2) is 6.29 Å². The molecule has 42 heavy (non-hydrogen) atoms. The molecule has 0 saturated carbocycles. The Bertz CT molecular complexity index is 1190. The maximum atomic E-state index is 13.0. The summed E-state index contributed by atoms with van der Waals surface area (Å²) in [6, 6.07) is 15.2. The second-order valence-corrected chi connectivity index (χ2v) is 12.0. The van der Waals surface area contributed by atoms with E-state index in [1.54, 1.807) is 0 Å². The predicted molar refractivity (Wildman–Crippen MR) is 158 cm³/mol. The maximum absolute atomic E-state index is 13.0. The van der Waals surface area contributed by atoms with Gasteiger partial charge in [-0.25, -0.2) is 4.79 Å². The molecule has 0 aliphatic carbocycles. The number of esters is 1. The predicted octanol–water partition coefficient (Wildman–Crippen LogP) is 5.19. The minimum Gasteiger partial charge on any atom is -0.459 e. The van der Waals surface area contributed by atoms with E-state index in [0.29, 0.717) is 13.1 Å². The van der Waals surface area contributed by atoms with E-state index in [4.69, 9.17) is 18.9 Å². The second kappa shape index (κ2) is 14.3. The number of hydrogen-bond acceptors (Lipinski definition) is 8. The van der Waals surface area contributed by atoms with Crippen LogP contribution in [0, 0.1) is 5.92 Å². The summed E-state index contributed by atoms with van der Waals surface area (Å²) in [5.74, 6) is -0.198. The van der Waals surface area contributed by atoms with Gasteiger partial charge in [0.25, 0.3) is 0 Å². The van der Waals surface area contributed by atoms with Crippen LogP contribution in [-0.4, -0.2) is 59.5 Å². The van der Waals surface area contributed by atoms with Gasteiger partial charge in [-0.1, -0.05) is 68.1 Å². The van der Waals surface area contributed by atoms with Crippen molar-refractivity contribution in [2.45, 2.75) is 83.8 Å². The first kappa shape index (κ1) is 31.7. The molecule has 2 heterocycles. The number of carbonyl (C=O) groups is 2. The van der Waals surface area contributed by atoms with Gasteiger partial charge in [-0.15, -0.1) is 0 Å². The fraction of sp³-hybridized carbons (Fsp3) is 0.515. The molecule has 1 amide bonds. The van der Waals surface area contributed by atoms with Gasteiger partial charge in [-0.05, 0) is 56.8 Å². The molecule has 2 aliphatic rings. The molecular formula is C33H44N2O7. The number of hydrogen-bond donors (Lipinski definition) is 2. The lowest BCUT2D eigenvalue weighted by Crippen LogP contribution is -2.48. The summed E-state index contributed by atoms with van der Waals surface area (Å²) in [5.41, 5.74) is 3.05. The molecular weight excluding hydrogens is 536 g/mol. The number of alkyl carbamates (subject to hydrolysis) is 1. The van der Waals surface area contributed by atoms with Gasteiger partial charge in [0, 0.05) is 24.6 Å². The SMILES string of the molecule is C=CCOC(=O)NCc1ccc([C@H]2O[C@@H](CN3CCC[C@H]3C(=O)OC(C)(C)C)[C@@H](C)[C@@H](c3ccc(CO)cc3)O2)cc1. The van der Waals surface area contributed by atoms with Crippen molar-refractivity contribution in [3.8, 4) is 0 Å². The van der Waals surface area contributed by atoms with Gasteiger partial charge in [0.2, 0.25) is 0 Å². The molecule has 2 N–H and O–H groups in total.